The van der Waals surface area contributed by atoms with Crippen molar-refractivity contribution in [1.29, 1.82) is 0 Å². The number of methoxy groups -OCH3 is 2. The molecule has 1 unspecified atom stereocenters. The van der Waals surface area contributed by atoms with Gasteiger partial charge in [0, 0.05) is 12.7 Å². The predicted molar refractivity (Wildman–Crippen MR) is 62.8 cm³/mol. The highest BCUT2D eigenvalue weighted by molar-refractivity contribution is 5.43. The molecule has 0 saturated carbocycles. The van der Waals surface area contributed by atoms with E-state index in [4.69, 9.17) is 20.3 Å². The lowest BCUT2D eigenvalue weighted by Crippen LogP contribution is -2.21. The lowest BCUT2D eigenvalue weighted by atomic mass is 9.99. The summed E-state index contributed by atoms with van der Waals surface area (Å²) in [6, 6.07) is 2.85. The Morgan fingerprint density at radius 1 is 1.29 bits per heavy atom. The molecular weight excluding hydrogens is 225 g/mol. The fourth-order valence-corrected chi connectivity index (χ4v) is 1.59. The summed E-state index contributed by atoms with van der Waals surface area (Å²) in [6.07, 6.45) is 0.374. The van der Waals surface area contributed by atoms with Crippen molar-refractivity contribution in [3.05, 3.63) is 23.5 Å². The molecule has 1 aromatic carbocycles. The van der Waals surface area contributed by atoms with Gasteiger partial charge in [-0.25, -0.2) is 4.39 Å². The lowest BCUT2D eigenvalue weighted by molar-refractivity contribution is 0.228. The quantitative estimate of drug-likeness (QED) is 0.781. The minimum atomic E-state index is -0.380. The minimum absolute atomic E-state index is 0.0652. The van der Waals surface area contributed by atoms with Gasteiger partial charge in [-0.15, -0.1) is 0 Å². The first-order valence-corrected chi connectivity index (χ1v) is 5.37. The van der Waals surface area contributed by atoms with Gasteiger partial charge < -0.3 is 20.3 Å². The first kappa shape index (κ1) is 13.7. The van der Waals surface area contributed by atoms with Gasteiger partial charge in [0.15, 0.2) is 11.5 Å². The van der Waals surface area contributed by atoms with E-state index in [-0.39, 0.29) is 18.3 Å². The molecule has 0 heterocycles. The molecule has 0 aliphatic carbocycles. The average molecular weight is 243 g/mol. The monoisotopic (exact) mass is 243 g/mol. The molecule has 1 aromatic rings. The zero-order chi connectivity index (χ0) is 12.8. The predicted octanol–water partition coefficient (Wildman–Crippen LogP) is 0.953. The molecule has 0 aliphatic heterocycles. The van der Waals surface area contributed by atoms with Crippen LogP contribution >= 0.6 is 0 Å². The Morgan fingerprint density at radius 3 is 2.35 bits per heavy atom. The number of rotatable bonds is 6. The second-order valence-electron chi connectivity index (χ2n) is 3.79. The fraction of sp³-hybridized carbons (Fsp3) is 0.500. The van der Waals surface area contributed by atoms with Crippen molar-refractivity contribution in [3.8, 4) is 11.5 Å². The first-order chi connectivity index (χ1) is 8.15. The number of hydrogen-bond acceptors (Lipinski definition) is 4. The zero-order valence-corrected chi connectivity index (χ0v) is 10.1. The largest absolute Gasteiger partial charge is 0.493 e. The number of aliphatic hydroxyl groups excluding tert-OH is 1. The van der Waals surface area contributed by atoms with Crippen molar-refractivity contribution in [2.24, 2.45) is 11.7 Å². The topological polar surface area (TPSA) is 64.7 Å². The van der Waals surface area contributed by atoms with Crippen molar-refractivity contribution in [2.75, 3.05) is 27.4 Å². The lowest BCUT2D eigenvalue weighted by Gasteiger charge is -2.14. The van der Waals surface area contributed by atoms with Crippen LogP contribution in [-0.2, 0) is 6.42 Å². The van der Waals surface area contributed by atoms with E-state index in [0.717, 1.165) is 0 Å². The molecule has 0 saturated heterocycles. The maximum Gasteiger partial charge on any atom is 0.163 e. The first-order valence-electron chi connectivity index (χ1n) is 5.37. The summed E-state index contributed by atoms with van der Waals surface area (Å²) in [5, 5.41) is 9.05. The van der Waals surface area contributed by atoms with Crippen LogP contribution in [0.25, 0.3) is 0 Å². The summed E-state index contributed by atoms with van der Waals surface area (Å²) in [5.74, 6) is 0.289. The Bertz CT molecular complexity index is 367. The Kier molecular flexibility index (Phi) is 5.18. The van der Waals surface area contributed by atoms with Gasteiger partial charge in [0.1, 0.15) is 5.82 Å². The molecule has 0 aliphatic rings. The molecule has 0 bridgehead atoms. The van der Waals surface area contributed by atoms with Crippen molar-refractivity contribution in [3.63, 3.8) is 0 Å². The Labute approximate surface area is 100 Å². The normalized spacial score (nSPS) is 12.3. The third-order valence-electron chi connectivity index (χ3n) is 2.65. The second-order valence-corrected chi connectivity index (χ2v) is 3.79. The minimum Gasteiger partial charge on any atom is -0.493 e. The molecule has 1 rings (SSSR count). The third kappa shape index (κ3) is 3.31. The average Bonchev–Trinajstić information content (AvgIpc) is 2.36. The molecular formula is C12H18FNO3. The van der Waals surface area contributed by atoms with Crippen LogP contribution in [-0.4, -0.2) is 32.5 Å². The Hall–Kier alpha value is -1.33. The number of aliphatic hydroxyl groups is 1. The van der Waals surface area contributed by atoms with Gasteiger partial charge in [-0.2, -0.15) is 0 Å². The standard InChI is InChI=1S/C12H18FNO3/c1-16-11-4-9(3-8(6-14)7-15)10(13)5-12(11)17-2/h4-5,8,15H,3,6-7,14H2,1-2H3. The van der Waals surface area contributed by atoms with Gasteiger partial charge in [-0.1, -0.05) is 0 Å². The van der Waals surface area contributed by atoms with E-state index in [1.165, 1.54) is 20.3 Å². The summed E-state index contributed by atoms with van der Waals surface area (Å²) < 4.78 is 23.8. The van der Waals surface area contributed by atoms with Gasteiger partial charge in [-0.05, 0) is 30.5 Å². The van der Waals surface area contributed by atoms with Crippen LogP contribution in [0, 0.1) is 11.7 Å². The van der Waals surface area contributed by atoms with Gasteiger partial charge in [-0.3, -0.25) is 0 Å². The van der Waals surface area contributed by atoms with Gasteiger partial charge in [0.25, 0.3) is 0 Å². The van der Waals surface area contributed by atoms with E-state index in [1.54, 1.807) is 6.07 Å². The summed E-state index contributed by atoms with van der Waals surface area (Å²) in [6.45, 7) is 0.245. The summed E-state index contributed by atoms with van der Waals surface area (Å²) in [7, 11) is 2.94. The van der Waals surface area contributed by atoms with E-state index in [1.807, 2.05) is 0 Å². The Balaban J connectivity index is 2.99. The molecule has 0 radical (unpaired) electrons. The molecule has 0 amide bonds. The van der Waals surface area contributed by atoms with Crippen LogP contribution < -0.4 is 15.2 Å². The van der Waals surface area contributed by atoms with E-state index in [0.29, 0.717) is 30.0 Å². The van der Waals surface area contributed by atoms with E-state index in [2.05, 4.69) is 0 Å². The summed E-state index contributed by atoms with van der Waals surface area (Å²) >= 11 is 0. The molecule has 0 aromatic heterocycles. The number of halogens is 1. The highest BCUT2D eigenvalue weighted by Crippen LogP contribution is 2.30. The highest BCUT2D eigenvalue weighted by atomic mass is 19.1. The van der Waals surface area contributed by atoms with Crippen molar-refractivity contribution in [2.45, 2.75) is 6.42 Å². The van der Waals surface area contributed by atoms with Crippen LogP contribution in [0.3, 0.4) is 0 Å². The van der Waals surface area contributed by atoms with Crippen molar-refractivity contribution in [1.82, 2.24) is 0 Å². The smallest absolute Gasteiger partial charge is 0.163 e. The maximum atomic E-state index is 13.7. The van der Waals surface area contributed by atoms with Crippen molar-refractivity contribution >= 4 is 0 Å². The van der Waals surface area contributed by atoms with Crippen LogP contribution in [0.4, 0.5) is 4.39 Å². The molecule has 1 atom stereocenters. The van der Waals surface area contributed by atoms with Crippen LogP contribution in [0.1, 0.15) is 5.56 Å². The Morgan fingerprint density at radius 2 is 1.88 bits per heavy atom. The zero-order valence-electron chi connectivity index (χ0n) is 10.1. The maximum absolute atomic E-state index is 13.7. The molecule has 96 valence electrons. The second kappa shape index (κ2) is 6.42. The van der Waals surface area contributed by atoms with Crippen LogP contribution in [0.5, 0.6) is 11.5 Å². The highest BCUT2D eigenvalue weighted by Gasteiger charge is 2.14. The van der Waals surface area contributed by atoms with Crippen molar-refractivity contribution < 1.29 is 19.0 Å². The van der Waals surface area contributed by atoms with Crippen LogP contribution in [0.15, 0.2) is 12.1 Å². The van der Waals surface area contributed by atoms with E-state index < -0.39 is 0 Å². The summed E-state index contributed by atoms with van der Waals surface area (Å²) in [4.78, 5) is 0. The molecule has 3 N–H and O–H groups in total. The van der Waals surface area contributed by atoms with Gasteiger partial charge in [0.2, 0.25) is 0 Å². The SMILES string of the molecule is COc1cc(F)c(CC(CN)CO)cc1OC. The summed E-state index contributed by atoms with van der Waals surface area (Å²) in [5.41, 5.74) is 5.93. The third-order valence-corrected chi connectivity index (χ3v) is 2.65. The number of ether oxygens (including phenoxy) is 2. The number of hydrogen-bond donors (Lipinski definition) is 2. The molecule has 0 spiro atoms. The van der Waals surface area contributed by atoms with Gasteiger partial charge in [0.05, 0.1) is 14.2 Å². The van der Waals surface area contributed by atoms with Gasteiger partial charge >= 0.3 is 0 Å². The van der Waals surface area contributed by atoms with Crippen LogP contribution in [0.2, 0.25) is 0 Å². The molecule has 17 heavy (non-hydrogen) atoms. The number of nitrogens with two attached hydrogens (primary N) is 1. The number of benzene rings is 1. The fourth-order valence-electron chi connectivity index (χ4n) is 1.59. The molecule has 4 nitrogen and oxygen atoms in total. The molecule has 5 heteroatoms. The van der Waals surface area contributed by atoms with E-state index in [9.17, 15) is 4.39 Å². The van der Waals surface area contributed by atoms with E-state index >= 15 is 0 Å². The molecule has 0 fully saturated rings.